The Hall–Kier alpha value is 0.117. The first-order valence-corrected chi connectivity index (χ1v) is 6.88. The Morgan fingerprint density at radius 3 is 2.64 bits per heavy atom. The number of hydrogen-bond donors (Lipinski definition) is 1. The molecule has 82 valence electrons. The smallest absolute Gasteiger partial charge is 0.328 e. The van der Waals surface area contributed by atoms with Gasteiger partial charge < -0.3 is 8.85 Å². The molecule has 1 heterocycles. The third-order valence-electron chi connectivity index (χ3n) is 2.49. The minimum atomic E-state index is -1.74. The van der Waals surface area contributed by atoms with E-state index in [2.05, 4.69) is 12.8 Å². The first-order valence-electron chi connectivity index (χ1n) is 4.73. The van der Waals surface area contributed by atoms with Crippen molar-refractivity contribution < 1.29 is 13.6 Å². The van der Waals surface area contributed by atoms with Crippen molar-refractivity contribution in [2.75, 3.05) is 20.8 Å². The Balaban J connectivity index is 2.40. The predicted octanol–water partition coefficient (Wildman–Crippen LogP) is 0.378. The lowest BCUT2D eigenvalue weighted by Crippen LogP contribution is -2.34. The summed E-state index contributed by atoms with van der Waals surface area (Å²) in [6.45, 7) is 0.895. The molecule has 0 radical (unpaired) electrons. The molecule has 0 N–H and O–H groups in total. The van der Waals surface area contributed by atoms with E-state index in [-0.39, 0.29) is 11.8 Å². The molecule has 0 aromatic rings. The fraction of sp³-hybridized carbons (Fsp3) is 0.875. The summed E-state index contributed by atoms with van der Waals surface area (Å²) in [5.41, 5.74) is 0. The SMILES string of the molecule is CO[SiH](CC(=O)[C@@H]1CCCN1S)OC. The molecule has 0 aromatic heterocycles. The van der Waals surface area contributed by atoms with Crippen molar-refractivity contribution >= 4 is 27.9 Å². The zero-order valence-electron chi connectivity index (χ0n) is 8.60. The first-order chi connectivity index (χ1) is 6.69. The van der Waals surface area contributed by atoms with Crippen LogP contribution in [-0.4, -0.2) is 46.2 Å². The molecule has 0 spiro atoms. The third-order valence-corrected chi connectivity index (χ3v) is 4.76. The summed E-state index contributed by atoms with van der Waals surface area (Å²) in [5, 5.41) is 0. The minimum absolute atomic E-state index is 0.0290. The van der Waals surface area contributed by atoms with Gasteiger partial charge in [0.25, 0.3) is 0 Å². The molecule has 0 saturated carbocycles. The molecule has 1 aliphatic rings. The van der Waals surface area contributed by atoms with E-state index in [4.69, 9.17) is 8.85 Å². The van der Waals surface area contributed by atoms with E-state index in [9.17, 15) is 4.79 Å². The minimum Gasteiger partial charge on any atom is -0.400 e. The number of carbonyl (C=O) groups is 1. The van der Waals surface area contributed by atoms with Gasteiger partial charge in [0.05, 0.1) is 6.04 Å². The number of rotatable bonds is 5. The van der Waals surface area contributed by atoms with Gasteiger partial charge in [-0.1, -0.05) is 12.8 Å². The van der Waals surface area contributed by atoms with E-state index in [0.717, 1.165) is 19.4 Å². The lowest BCUT2D eigenvalue weighted by atomic mass is 10.2. The van der Waals surface area contributed by atoms with Crippen LogP contribution >= 0.6 is 12.8 Å². The Kier molecular flexibility index (Phi) is 5.11. The Morgan fingerprint density at radius 1 is 1.57 bits per heavy atom. The molecular weight excluding hydrogens is 218 g/mol. The number of Topliss-reactive ketones (excluding diaryl/α,β-unsaturated/α-hetero) is 1. The van der Waals surface area contributed by atoms with Gasteiger partial charge in [0, 0.05) is 26.8 Å². The number of nitrogens with zero attached hydrogens (tertiary/aromatic N) is 1. The van der Waals surface area contributed by atoms with Crippen LogP contribution in [0.4, 0.5) is 0 Å². The molecule has 4 nitrogen and oxygen atoms in total. The normalized spacial score (nSPS) is 23.3. The van der Waals surface area contributed by atoms with Gasteiger partial charge in [0.15, 0.2) is 5.78 Å². The Morgan fingerprint density at radius 2 is 2.21 bits per heavy atom. The fourth-order valence-electron chi connectivity index (χ4n) is 1.64. The van der Waals surface area contributed by atoms with Gasteiger partial charge in [-0.05, 0) is 12.8 Å². The maximum absolute atomic E-state index is 11.8. The van der Waals surface area contributed by atoms with Crippen LogP contribution in [0.25, 0.3) is 0 Å². The number of thiol groups is 1. The van der Waals surface area contributed by atoms with Crippen molar-refractivity contribution in [3.05, 3.63) is 0 Å². The maximum Gasteiger partial charge on any atom is 0.328 e. The summed E-state index contributed by atoms with van der Waals surface area (Å²) in [5.74, 6) is 0.206. The molecule has 1 atom stereocenters. The quantitative estimate of drug-likeness (QED) is 0.552. The van der Waals surface area contributed by atoms with E-state index in [1.807, 2.05) is 4.31 Å². The highest BCUT2D eigenvalue weighted by molar-refractivity contribution is 7.77. The van der Waals surface area contributed by atoms with Gasteiger partial charge in [-0.3, -0.25) is 4.79 Å². The lowest BCUT2D eigenvalue weighted by molar-refractivity contribution is -0.120. The molecule has 1 rings (SSSR count). The predicted molar refractivity (Wildman–Crippen MR) is 59.7 cm³/mol. The van der Waals surface area contributed by atoms with Gasteiger partial charge in [0.2, 0.25) is 0 Å². The first kappa shape index (κ1) is 12.2. The van der Waals surface area contributed by atoms with Gasteiger partial charge in [-0.2, -0.15) is 0 Å². The fourth-order valence-corrected chi connectivity index (χ4v) is 3.15. The zero-order valence-corrected chi connectivity index (χ0v) is 10.7. The average Bonchev–Trinajstić information content (AvgIpc) is 2.60. The van der Waals surface area contributed by atoms with Crippen molar-refractivity contribution in [1.29, 1.82) is 0 Å². The Labute approximate surface area is 92.0 Å². The van der Waals surface area contributed by atoms with Crippen LogP contribution in [-0.2, 0) is 13.6 Å². The molecule has 1 fully saturated rings. The second kappa shape index (κ2) is 5.87. The molecule has 14 heavy (non-hydrogen) atoms. The number of hydrogen-bond acceptors (Lipinski definition) is 5. The average molecular weight is 235 g/mol. The van der Waals surface area contributed by atoms with Crippen molar-refractivity contribution in [3.63, 3.8) is 0 Å². The molecular formula is C8H17NO3SSi. The van der Waals surface area contributed by atoms with Crippen molar-refractivity contribution in [3.8, 4) is 0 Å². The Bertz CT molecular complexity index is 201. The molecule has 0 bridgehead atoms. The molecule has 1 aliphatic heterocycles. The van der Waals surface area contributed by atoms with E-state index in [1.54, 1.807) is 14.2 Å². The van der Waals surface area contributed by atoms with Crippen LogP contribution < -0.4 is 0 Å². The number of ketones is 1. The van der Waals surface area contributed by atoms with Crippen LogP contribution in [0.3, 0.4) is 0 Å². The third kappa shape index (κ3) is 3.06. The topological polar surface area (TPSA) is 38.8 Å². The summed E-state index contributed by atoms with van der Waals surface area (Å²) in [4.78, 5) is 11.8. The second-order valence-electron chi connectivity index (χ2n) is 3.39. The van der Waals surface area contributed by atoms with Crippen molar-refractivity contribution in [2.24, 2.45) is 0 Å². The molecule has 0 unspecified atom stereocenters. The second-order valence-corrected chi connectivity index (χ2v) is 6.12. The summed E-state index contributed by atoms with van der Waals surface area (Å²) >= 11 is 4.25. The lowest BCUT2D eigenvalue weighted by Gasteiger charge is -2.18. The molecule has 0 aromatic carbocycles. The van der Waals surface area contributed by atoms with Gasteiger partial charge in [-0.25, -0.2) is 4.31 Å². The van der Waals surface area contributed by atoms with Crippen molar-refractivity contribution in [1.82, 2.24) is 4.31 Å². The van der Waals surface area contributed by atoms with Gasteiger partial charge in [-0.15, -0.1) is 0 Å². The van der Waals surface area contributed by atoms with Crippen molar-refractivity contribution in [2.45, 2.75) is 24.9 Å². The van der Waals surface area contributed by atoms with E-state index in [0.29, 0.717) is 6.04 Å². The van der Waals surface area contributed by atoms with Crippen LogP contribution in [0.2, 0.25) is 6.04 Å². The molecule has 6 heteroatoms. The standard InChI is InChI=1S/C8H17NO3SSi/c1-11-14(12-2)6-8(10)7-4-3-5-9(7)13/h7,13-14H,3-6H2,1-2H3/t7-/m0/s1. The van der Waals surface area contributed by atoms with Crippen LogP contribution in [0.15, 0.2) is 0 Å². The van der Waals surface area contributed by atoms with Crippen LogP contribution in [0.1, 0.15) is 12.8 Å². The van der Waals surface area contributed by atoms with Gasteiger partial charge >= 0.3 is 9.28 Å². The van der Waals surface area contributed by atoms with E-state index >= 15 is 0 Å². The molecule has 1 saturated heterocycles. The van der Waals surface area contributed by atoms with E-state index in [1.165, 1.54) is 0 Å². The van der Waals surface area contributed by atoms with Crippen LogP contribution in [0.5, 0.6) is 0 Å². The highest BCUT2D eigenvalue weighted by Crippen LogP contribution is 2.21. The molecule has 0 aliphatic carbocycles. The number of carbonyl (C=O) groups excluding carboxylic acids is 1. The maximum atomic E-state index is 11.8. The zero-order chi connectivity index (χ0) is 10.6. The van der Waals surface area contributed by atoms with E-state index < -0.39 is 9.28 Å². The summed E-state index contributed by atoms with van der Waals surface area (Å²) in [6, 6.07) is 0.410. The monoisotopic (exact) mass is 235 g/mol. The highest BCUT2D eigenvalue weighted by atomic mass is 32.1. The van der Waals surface area contributed by atoms with Crippen LogP contribution in [0, 0.1) is 0 Å². The largest absolute Gasteiger partial charge is 0.400 e. The molecule has 0 amide bonds. The van der Waals surface area contributed by atoms with Gasteiger partial charge in [0.1, 0.15) is 0 Å². The summed E-state index contributed by atoms with van der Waals surface area (Å²) < 4.78 is 12.1. The summed E-state index contributed by atoms with van der Waals surface area (Å²) in [6.07, 6.45) is 1.96. The summed E-state index contributed by atoms with van der Waals surface area (Å²) in [7, 11) is 1.45. The highest BCUT2D eigenvalue weighted by Gasteiger charge is 2.30.